The number of rotatable bonds is 5. The number of halogens is 2. The highest BCUT2D eigenvalue weighted by Crippen LogP contribution is 2.41. The number of amides is 1. The molecule has 0 aromatic heterocycles. The predicted octanol–water partition coefficient (Wildman–Crippen LogP) is 5.02. The van der Waals surface area contributed by atoms with E-state index in [9.17, 15) is 9.90 Å². The molecule has 0 aliphatic heterocycles. The van der Waals surface area contributed by atoms with Crippen molar-refractivity contribution in [3.8, 4) is 11.5 Å². The summed E-state index contributed by atoms with van der Waals surface area (Å²) in [6.07, 6.45) is 1.67. The number of nitrogens with one attached hydrogen (secondary N) is 1. The van der Waals surface area contributed by atoms with Gasteiger partial charge in [-0.1, -0.05) is 0 Å². The van der Waals surface area contributed by atoms with E-state index in [2.05, 4.69) is 42.2 Å². The molecule has 0 spiro atoms. The standard InChI is InChI=1S/C17H16Br2N2O3/c1-3-24-14-8-11(15(18)16(19)17(14)23)9-20-12-4-6-13(7-5-12)21-10(2)22/h4-9,23H,3H2,1-2H3,(H,21,22). The first-order valence-electron chi connectivity index (χ1n) is 7.17. The van der Waals surface area contributed by atoms with Crippen molar-refractivity contribution in [3.05, 3.63) is 44.8 Å². The SMILES string of the molecule is CCOc1cc(C=Nc2ccc(NC(C)=O)cc2)c(Br)c(Br)c1O. The van der Waals surface area contributed by atoms with Gasteiger partial charge in [0, 0.05) is 28.9 Å². The van der Waals surface area contributed by atoms with Gasteiger partial charge in [0.2, 0.25) is 5.91 Å². The lowest BCUT2D eigenvalue weighted by molar-refractivity contribution is -0.114. The molecule has 2 aromatic rings. The van der Waals surface area contributed by atoms with Crippen LogP contribution in [0.25, 0.3) is 0 Å². The zero-order chi connectivity index (χ0) is 17.7. The largest absolute Gasteiger partial charge is 0.503 e. The summed E-state index contributed by atoms with van der Waals surface area (Å²) >= 11 is 6.76. The summed E-state index contributed by atoms with van der Waals surface area (Å²) in [5.74, 6) is 0.308. The van der Waals surface area contributed by atoms with Crippen LogP contribution in [0, 0.1) is 0 Å². The highest BCUT2D eigenvalue weighted by atomic mass is 79.9. The number of nitrogens with zero attached hydrogens (tertiary/aromatic N) is 1. The van der Waals surface area contributed by atoms with Gasteiger partial charge in [-0.05, 0) is 69.1 Å². The molecule has 2 aromatic carbocycles. The van der Waals surface area contributed by atoms with Crippen molar-refractivity contribution in [3.63, 3.8) is 0 Å². The maximum atomic E-state index is 11.0. The van der Waals surface area contributed by atoms with Gasteiger partial charge in [0.15, 0.2) is 11.5 Å². The number of phenolic OH excluding ortho intramolecular Hbond substituents is 1. The molecule has 0 aliphatic rings. The fourth-order valence-corrected chi connectivity index (χ4v) is 2.78. The van der Waals surface area contributed by atoms with E-state index in [4.69, 9.17) is 4.74 Å². The Hall–Kier alpha value is -1.86. The Morgan fingerprint density at radius 3 is 2.54 bits per heavy atom. The molecular weight excluding hydrogens is 440 g/mol. The van der Waals surface area contributed by atoms with E-state index < -0.39 is 0 Å². The number of hydrogen-bond acceptors (Lipinski definition) is 4. The van der Waals surface area contributed by atoms with E-state index in [0.717, 1.165) is 11.3 Å². The summed E-state index contributed by atoms with van der Waals surface area (Å²) in [6.45, 7) is 3.75. The zero-order valence-corrected chi connectivity index (χ0v) is 16.3. The van der Waals surface area contributed by atoms with Gasteiger partial charge in [-0.2, -0.15) is 0 Å². The number of aliphatic imine (C=N–C) groups is 1. The van der Waals surface area contributed by atoms with Crippen molar-refractivity contribution >= 4 is 55.4 Å². The van der Waals surface area contributed by atoms with Gasteiger partial charge >= 0.3 is 0 Å². The number of hydrogen-bond donors (Lipinski definition) is 2. The number of ether oxygens (including phenoxy) is 1. The summed E-state index contributed by atoms with van der Waals surface area (Å²) < 4.78 is 6.61. The van der Waals surface area contributed by atoms with Crippen LogP contribution in [0.15, 0.2) is 44.3 Å². The van der Waals surface area contributed by atoms with E-state index >= 15 is 0 Å². The molecule has 2 rings (SSSR count). The maximum absolute atomic E-state index is 11.0. The van der Waals surface area contributed by atoms with E-state index in [0.29, 0.717) is 27.0 Å². The van der Waals surface area contributed by atoms with Crippen molar-refractivity contribution in [1.82, 2.24) is 0 Å². The van der Waals surface area contributed by atoms with Gasteiger partial charge in [-0.3, -0.25) is 9.79 Å². The fraction of sp³-hybridized carbons (Fsp3) is 0.176. The molecule has 0 atom stereocenters. The Morgan fingerprint density at radius 1 is 1.29 bits per heavy atom. The Balaban J connectivity index is 2.26. The molecule has 5 nitrogen and oxygen atoms in total. The molecule has 7 heteroatoms. The summed E-state index contributed by atoms with van der Waals surface area (Å²) in [4.78, 5) is 15.4. The number of benzene rings is 2. The van der Waals surface area contributed by atoms with Crippen LogP contribution >= 0.6 is 31.9 Å². The van der Waals surface area contributed by atoms with Crippen LogP contribution < -0.4 is 10.1 Å². The van der Waals surface area contributed by atoms with Gasteiger partial charge < -0.3 is 15.2 Å². The van der Waals surface area contributed by atoms with Gasteiger partial charge in [-0.25, -0.2) is 0 Å². The van der Waals surface area contributed by atoms with Crippen LogP contribution in [-0.2, 0) is 4.79 Å². The summed E-state index contributed by atoms with van der Waals surface area (Å²) in [6, 6.07) is 8.87. The molecule has 0 unspecified atom stereocenters. The molecule has 0 bridgehead atoms. The zero-order valence-electron chi connectivity index (χ0n) is 13.1. The third-order valence-corrected chi connectivity index (χ3v) is 5.17. The molecule has 24 heavy (non-hydrogen) atoms. The lowest BCUT2D eigenvalue weighted by Crippen LogP contribution is -2.04. The Bertz CT molecular complexity index is 774. The van der Waals surface area contributed by atoms with Crippen LogP contribution in [0.2, 0.25) is 0 Å². The summed E-state index contributed by atoms with van der Waals surface area (Å²) in [7, 11) is 0. The molecule has 0 aliphatic carbocycles. The molecule has 0 radical (unpaired) electrons. The second-order valence-electron chi connectivity index (χ2n) is 4.86. The topological polar surface area (TPSA) is 70.9 Å². The predicted molar refractivity (Wildman–Crippen MR) is 103 cm³/mol. The first kappa shape index (κ1) is 18.5. The number of carbonyl (C=O) groups is 1. The summed E-state index contributed by atoms with van der Waals surface area (Å²) in [5, 5.41) is 12.7. The molecule has 2 N–H and O–H groups in total. The highest BCUT2D eigenvalue weighted by Gasteiger charge is 2.14. The Kier molecular flexibility index (Phi) is 6.39. The minimum atomic E-state index is -0.118. The molecule has 0 heterocycles. The molecular formula is C17H16Br2N2O3. The molecule has 126 valence electrons. The Labute approximate surface area is 157 Å². The van der Waals surface area contributed by atoms with E-state index in [1.165, 1.54) is 6.92 Å². The van der Waals surface area contributed by atoms with Crippen LogP contribution in [0.3, 0.4) is 0 Å². The fourth-order valence-electron chi connectivity index (χ4n) is 1.95. The lowest BCUT2D eigenvalue weighted by atomic mass is 10.2. The third kappa shape index (κ3) is 4.58. The van der Waals surface area contributed by atoms with Crippen molar-refractivity contribution in [1.29, 1.82) is 0 Å². The lowest BCUT2D eigenvalue weighted by Gasteiger charge is -2.11. The highest BCUT2D eigenvalue weighted by molar-refractivity contribution is 9.13. The summed E-state index contributed by atoms with van der Waals surface area (Å²) in [5.41, 5.74) is 2.21. The van der Waals surface area contributed by atoms with Crippen LogP contribution in [-0.4, -0.2) is 23.8 Å². The molecule has 0 fully saturated rings. The van der Waals surface area contributed by atoms with Crippen molar-refractivity contribution in [2.45, 2.75) is 13.8 Å². The minimum absolute atomic E-state index is 0.0422. The number of carbonyl (C=O) groups excluding carboxylic acids is 1. The van der Waals surface area contributed by atoms with E-state index in [1.807, 2.05) is 6.92 Å². The number of aromatic hydroxyl groups is 1. The van der Waals surface area contributed by atoms with Gasteiger partial charge in [0.1, 0.15) is 0 Å². The minimum Gasteiger partial charge on any atom is -0.503 e. The van der Waals surface area contributed by atoms with Crippen molar-refractivity contribution in [2.24, 2.45) is 4.99 Å². The Morgan fingerprint density at radius 2 is 1.96 bits per heavy atom. The second-order valence-corrected chi connectivity index (χ2v) is 6.45. The average Bonchev–Trinajstić information content (AvgIpc) is 2.55. The van der Waals surface area contributed by atoms with Crippen molar-refractivity contribution in [2.75, 3.05) is 11.9 Å². The third-order valence-electron chi connectivity index (χ3n) is 3.01. The maximum Gasteiger partial charge on any atom is 0.221 e. The van der Waals surface area contributed by atoms with Crippen LogP contribution in [0.1, 0.15) is 19.4 Å². The van der Waals surface area contributed by atoms with Gasteiger partial charge in [0.25, 0.3) is 0 Å². The van der Waals surface area contributed by atoms with Gasteiger partial charge in [0.05, 0.1) is 16.8 Å². The number of anilines is 1. The van der Waals surface area contributed by atoms with Crippen molar-refractivity contribution < 1.29 is 14.6 Å². The molecule has 0 saturated heterocycles. The normalized spacial score (nSPS) is 10.8. The van der Waals surface area contributed by atoms with Crippen LogP contribution in [0.5, 0.6) is 11.5 Å². The first-order chi connectivity index (χ1) is 11.4. The smallest absolute Gasteiger partial charge is 0.221 e. The van der Waals surface area contributed by atoms with E-state index in [1.54, 1.807) is 36.5 Å². The monoisotopic (exact) mass is 454 g/mol. The second kappa shape index (κ2) is 8.30. The molecule has 1 amide bonds. The van der Waals surface area contributed by atoms with E-state index in [-0.39, 0.29) is 11.7 Å². The average molecular weight is 456 g/mol. The quantitative estimate of drug-likeness (QED) is 0.621. The number of phenols is 1. The van der Waals surface area contributed by atoms with Gasteiger partial charge in [-0.15, -0.1) is 0 Å². The molecule has 0 saturated carbocycles. The first-order valence-corrected chi connectivity index (χ1v) is 8.76. The van der Waals surface area contributed by atoms with Crippen LogP contribution in [0.4, 0.5) is 11.4 Å².